The molecule has 6 nitrogen and oxygen atoms in total. The molecule has 49 heavy (non-hydrogen) atoms. The van der Waals surface area contributed by atoms with Crippen LogP contribution in [0.1, 0.15) is 136 Å². The van der Waals surface area contributed by atoms with E-state index in [0.29, 0.717) is 23.8 Å². The summed E-state index contributed by atoms with van der Waals surface area (Å²) in [6.45, 7) is 13.7. The van der Waals surface area contributed by atoms with Crippen molar-refractivity contribution in [1.82, 2.24) is 0 Å². The number of benzene rings is 2. The Morgan fingerprint density at radius 1 is 0.980 bits per heavy atom. The number of aliphatic hydroxyl groups is 1. The van der Waals surface area contributed by atoms with Crippen molar-refractivity contribution in [2.24, 2.45) is 5.92 Å². The van der Waals surface area contributed by atoms with Gasteiger partial charge in [-0.25, -0.2) is 4.79 Å². The molecule has 0 radical (unpaired) electrons. The van der Waals surface area contributed by atoms with Gasteiger partial charge >= 0.3 is 5.97 Å². The molecule has 2 unspecified atom stereocenters. The van der Waals surface area contributed by atoms with Crippen molar-refractivity contribution in [2.45, 2.75) is 134 Å². The van der Waals surface area contributed by atoms with Crippen LogP contribution >= 0.6 is 11.3 Å². The number of carbonyl (C=O) groups is 1. The number of aryl methyl sites for hydroxylation is 1. The average molecular weight is 709 g/mol. The summed E-state index contributed by atoms with van der Waals surface area (Å²) in [5.74, 6) is 0.845. The number of hydrogen-bond donors (Lipinski definition) is 1. The minimum Gasteiger partial charge on any atom is -0.497 e. The summed E-state index contributed by atoms with van der Waals surface area (Å²) < 4.78 is 23.5. The lowest BCUT2D eigenvalue weighted by atomic mass is 9.71. The van der Waals surface area contributed by atoms with Crippen LogP contribution in [0.2, 0.25) is 5.04 Å². The molecule has 1 saturated carbocycles. The molecule has 1 fully saturated rings. The highest BCUT2D eigenvalue weighted by Gasteiger charge is 2.56. The monoisotopic (exact) mass is 708 g/mol. The molecule has 270 valence electrons. The molecule has 1 N–H and O–H groups in total. The molecule has 2 aromatic carbocycles. The zero-order chi connectivity index (χ0) is 35.7. The van der Waals surface area contributed by atoms with Crippen LogP contribution in [0.4, 0.5) is 0 Å². The zero-order valence-electron chi connectivity index (χ0n) is 31.2. The van der Waals surface area contributed by atoms with Crippen LogP contribution in [0.5, 0.6) is 5.75 Å². The van der Waals surface area contributed by atoms with E-state index >= 15 is 0 Å². The molecule has 4 rings (SSSR count). The highest BCUT2D eigenvalue weighted by atomic mass is 32.1. The zero-order valence-corrected chi connectivity index (χ0v) is 33.4. The Bertz CT molecular complexity index is 1440. The largest absolute Gasteiger partial charge is 0.497 e. The fraction of sp³-hybridized carbons (Fsp3) is 0.585. The Kier molecular flexibility index (Phi) is 14.1. The minimum atomic E-state index is -0.982. The third-order valence-corrected chi connectivity index (χ3v) is 13.0. The molecule has 0 spiro atoms. The first kappa shape index (κ1) is 39.3. The van der Waals surface area contributed by atoms with Crippen molar-refractivity contribution in [2.75, 3.05) is 14.2 Å². The van der Waals surface area contributed by atoms with Crippen molar-refractivity contribution in [3.63, 3.8) is 0 Å². The Hall–Kier alpha value is -2.49. The summed E-state index contributed by atoms with van der Waals surface area (Å²) in [6.07, 6.45) is 9.00. The molecule has 4 atom stereocenters. The van der Waals surface area contributed by atoms with Gasteiger partial charge in [-0.3, -0.25) is 0 Å². The lowest BCUT2D eigenvalue weighted by molar-refractivity contribution is -0.125. The number of ether oxygens (including phenoxy) is 3. The maximum Gasteiger partial charge on any atom is 0.348 e. The summed E-state index contributed by atoms with van der Waals surface area (Å²) in [5, 5.41) is 12.8. The van der Waals surface area contributed by atoms with Crippen molar-refractivity contribution in [3.05, 3.63) is 87.1 Å². The molecular weight excluding hydrogens is 649 g/mol. The first-order valence-corrected chi connectivity index (χ1v) is 20.3. The molecule has 1 aliphatic rings. The molecule has 0 aliphatic heterocycles. The first-order valence-electron chi connectivity index (χ1n) is 18.2. The summed E-state index contributed by atoms with van der Waals surface area (Å²) in [5.41, 5.74) is 1.83. The Labute approximate surface area is 301 Å². The Morgan fingerprint density at radius 2 is 1.69 bits per heavy atom. The second kappa shape index (κ2) is 17.6. The maximum atomic E-state index is 12.7. The van der Waals surface area contributed by atoms with E-state index in [1.54, 1.807) is 7.11 Å². The second-order valence-electron chi connectivity index (χ2n) is 15.5. The number of unbranched alkanes of at least 4 members (excludes halogenated alkanes) is 2. The predicted molar refractivity (Wildman–Crippen MR) is 204 cm³/mol. The van der Waals surface area contributed by atoms with Gasteiger partial charge in [0, 0.05) is 10.8 Å². The molecule has 3 aromatic rings. The Morgan fingerprint density at radius 3 is 2.33 bits per heavy atom. The van der Waals surface area contributed by atoms with Crippen molar-refractivity contribution in [1.29, 1.82) is 0 Å². The van der Waals surface area contributed by atoms with E-state index in [2.05, 4.69) is 77.9 Å². The lowest BCUT2D eigenvalue weighted by Gasteiger charge is -2.46. The number of methoxy groups -OCH3 is 2. The van der Waals surface area contributed by atoms with Gasteiger partial charge in [0.05, 0.1) is 38.1 Å². The average Bonchev–Trinajstić information content (AvgIpc) is 3.70. The predicted octanol–water partition coefficient (Wildman–Crippen LogP) is 9.73. The molecule has 0 saturated heterocycles. The van der Waals surface area contributed by atoms with Gasteiger partial charge in [0.25, 0.3) is 0 Å². The van der Waals surface area contributed by atoms with Gasteiger partial charge in [0.2, 0.25) is 0 Å². The van der Waals surface area contributed by atoms with Gasteiger partial charge in [0.1, 0.15) is 10.6 Å². The lowest BCUT2D eigenvalue weighted by Crippen LogP contribution is -2.55. The van der Waals surface area contributed by atoms with Crippen LogP contribution in [0.3, 0.4) is 0 Å². The van der Waals surface area contributed by atoms with Crippen molar-refractivity contribution in [3.8, 4) is 5.75 Å². The molecule has 1 aromatic heterocycles. The molecule has 1 heterocycles. The SMILES string of the molecule is CCCCCC(OCc1ccc(OC)cc1)c1ccc([C@@H]2[C@@H](CCCc3ccc(C(=O)OC)s3)CCC2(O)C(C)(C)O[SiH2]C(C)(C)C)cc1. The topological polar surface area (TPSA) is 74.2 Å². The minimum absolute atomic E-state index is 0.000743. The fourth-order valence-electron chi connectivity index (χ4n) is 7.20. The number of rotatable bonds is 18. The summed E-state index contributed by atoms with van der Waals surface area (Å²) in [4.78, 5) is 13.8. The van der Waals surface area contributed by atoms with E-state index in [4.69, 9.17) is 18.6 Å². The maximum absolute atomic E-state index is 12.7. The van der Waals surface area contributed by atoms with Crippen LogP contribution in [0, 0.1) is 5.92 Å². The number of esters is 1. The summed E-state index contributed by atoms with van der Waals surface area (Å²) >= 11 is 1.52. The summed E-state index contributed by atoms with van der Waals surface area (Å²) in [6, 6.07) is 20.9. The van der Waals surface area contributed by atoms with E-state index in [0.717, 1.165) is 49.8 Å². The van der Waals surface area contributed by atoms with Crippen LogP contribution in [0.25, 0.3) is 0 Å². The standard InChI is InChI=1S/C41H60O6SSi/c1-9-10-11-15-35(46-28-29-16-22-33(44-7)23-17-29)30-18-20-32(21-19-30)37-31(13-12-14-34-24-25-36(48-34)38(42)45-8)26-27-41(37,43)40(5,6)47-49-39(2,3)4/h16-25,31,35,37,43H,9-15,26-28,49H2,1-8H3/t31-,35?,37-,41?/m0/s1. The third-order valence-electron chi connectivity index (χ3n) is 10.2. The van der Waals surface area contributed by atoms with Gasteiger partial charge in [-0.1, -0.05) is 83.4 Å². The van der Waals surface area contributed by atoms with E-state index in [-0.39, 0.29) is 23.0 Å². The quantitative estimate of drug-likeness (QED) is 0.0806. The van der Waals surface area contributed by atoms with E-state index < -0.39 is 21.0 Å². The third kappa shape index (κ3) is 10.5. The highest BCUT2D eigenvalue weighted by molar-refractivity contribution is 7.13. The molecular formula is C41H60O6SSi. The first-order chi connectivity index (χ1) is 23.3. The smallest absolute Gasteiger partial charge is 0.348 e. The van der Waals surface area contributed by atoms with Gasteiger partial charge in [0.15, 0.2) is 9.76 Å². The molecule has 0 bridgehead atoms. The van der Waals surface area contributed by atoms with Crippen molar-refractivity contribution < 1.29 is 28.5 Å². The highest BCUT2D eigenvalue weighted by Crippen LogP contribution is 2.54. The van der Waals surface area contributed by atoms with Crippen LogP contribution in [-0.4, -0.2) is 46.3 Å². The van der Waals surface area contributed by atoms with Gasteiger partial charge < -0.3 is 23.7 Å². The van der Waals surface area contributed by atoms with Crippen LogP contribution < -0.4 is 4.74 Å². The van der Waals surface area contributed by atoms with Crippen molar-refractivity contribution >= 4 is 27.1 Å². The van der Waals surface area contributed by atoms with Crippen LogP contribution in [0.15, 0.2) is 60.7 Å². The van der Waals surface area contributed by atoms with Crippen LogP contribution in [-0.2, 0) is 26.9 Å². The van der Waals surface area contributed by atoms with E-state index in [1.165, 1.54) is 47.3 Å². The number of thiophene rings is 1. The van der Waals surface area contributed by atoms with E-state index in [9.17, 15) is 9.90 Å². The molecule has 1 aliphatic carbocycles. The summed E-state index contributed by atoms with van der Waals surface area (Å²) in [7, 11) is 2.23. The molecule has 0 amide bonds. The molecule has 8 heteroatoms. The van der Waals surface area contributed by atoms with E-state index in [1.807, 2.05) is 24.3 Å². The van der Waals surface area contributed by atoms with Gasteiger partial charge in [-0.2, -0.15) is 0 Å². The van der Waals surface area contributed by atoms with Gasteiger partial charge in [-0.05, 0) is 104 Å². The normalized spacial score (nSPS) is 20.6. The number of hydrogen-bond acceptors (Lipinski definition) is 7. The second-order valence-corrected chi connectivity index (χ2v) is 19.4. The number of carbonyl (C=O) groups excluding carboxylic acids is 1. The van der Waals surface area contributed by atoms with Gasteiger partial charge in [-0.15, -0.1) is 11.3 Å². The fourth-order valence-corrected chi connectivity index (χ4v) is 9.21. The Balaban J connectivity index is 1.56.